The first-order chi connectivity index (χ1) is 8.08. The van der Waals surface area contributed by atoms with Gasteiger partial charge in [-0.15, -0.1) is 0 Å². The third-order valence-corrected chi connectivity index (χ3v) is 2.90. The van der Waals surface area contributed by atoms with Crippen molar-refractivity contribution in [3.8, 4) is 11.4 Å². The van der Waals surface area contributed by atoms with Crippen LogP contribution in [0.5, 0.6) is 0 Å². The molecule has 2 rings (SSSR count). The van der Waals surface area contributed by atoms with E-state index in [0.29, 0.717) is 5.82 Å². The van der Waals surface area contributed by atoms with Crippen LogP contribution in [-0.4, -0.2) is 15.0 Å². The summed E-state index contributed by atoms with van der Waals surface area (Å²) in [6, 6.07) is 1.89. The van der Waals surface area contributed by atoms with Crippen LogP contribution in [0.1, 0.15) is 24.2 Å². The zero-order valence-electron chi connectivity index (χ0n) is 9.68. The van der Waals surface area contributed by atoms with E-state index in [4.69, 9.17) is 5.73 Å². The standard InChI is InChI=1S/C12H13BrN4/c1-7(14)11-6-16-12(17-8(11)2)9-3-10(13)5-15-4-9/h3-7H,14H2,1-2H3/t7-/m0/s1. The van der Waals surface area contributed by atoms with Crippen molar-refractivity contribution in [2.75, 3.05) is 0 Å². The summed E-state index contributed by atoms with van der Waals surface area (Å²) in [7, 11) is 0. The molecule has 0 fully saturated rings. The monoisotopic (exact) mass is 292 g/mol. The van der Waals surface area contributed by atoms with Crippen molar-refractivity contribution in [3.05, 3.63) is 40.4 Å². The summed E-state index contributed by atoms with van der Waals surface area (Å²) in [4.78, 5) is 12.9. The number of aromatic nitrogens is 3. The molecule has 2 N–H and O–H groups in total. The average molecular weight is 293 g/mol. The second kappa shape index (κ2) is 4.89. The lowest BCUT2D eigenvalue weighted by Crippen LogP contribution is -2.09. The Hall–Kier alpha value is -1.33. The largest absolute Gasteiger partial charge is 0.324 e. The third-order valence-electron chi connectivity index (χ3n) is 2.47. The van der Waals surface area contributed by atoms with E-state index in [1.54, 1.807) is 18.6 Å². The second-order valence-electron chi connectivity index (χ2n) is 3.91. The smallest absolute Gasteiger partial charge is 0.160 e. The lowest BCUT2D eigenvalue weighted by atomic mass is 10.1. The van der Waals surface area contributed by atoms with E-state index < -0.39 is 0 Å². The lowest BCUT2D eigenvalue weighted by Gasteiger charge is -2.09. The first-order valence-corrected chi connectivity index (χ1v) is 6.07. The van der Waals surface area contributed by atoms with Crippen LogP contribution >= 0.6 is 15.9 Å². The molecule has 0 unspecified atom stereocenters. The Labute approximate surface area is 108 Å². The fourth-order valence-corrected chi connectivity index (χ4v) is 1.96. The molecule has 1 atom stereocenters. The molecule has 0 spiro atoms. The molecule has 0 aromatic carbocycles. The summed E-state index contributed by atoms with van der Waals surface area (Å²) in [5, 5.41) is 0. The zero-order valence-corrected chi connectivity index (χ0v) is 11.3. The molecule has 0 aliphatic rings. The van der Waals surface area contributed by atoms with Crippen molar-refractivity contribution in [3.63, 3.8) is 0 Å². The Balaban J connectivity index is 2.44. The van der Waals surface area contributed by atoms with Crippen molar-refractivity contribution < 1.29 is 0 Å². The number of nitrogens with two attached hydrogens (primary N) is 1. The van der Waals surface area contributed by atoms with Gasteiger partial charge in [0.1, 0.15) is 0 Å². The van der Waals surface area contributed by atoms with Gasteiger partial charge in [-0.25, -0.2) is 9.97 Å². The molecular weight excluding hydrogens is 280 g/mol. The van der Waals surface area contributed by atoms with Crippen LogP contribution in [0, 0.1) is 6.92 Å². The van der Waals surface area contributed by atoms with Crippen molar-refractivity contribution in [2.24, 2.45) is 5.73 Å². The number of aryl methyl sites for hydroxylation is 1. The Morgan fingerprint density at radius 1 is 1.29 bits per heavy atom. The maximum Gasteiger partial charge on any atom is 0.160 e. The first kappa shape index (κ1) is 12.1. The summed E-state index contributed by atoms with van der Waals surface area (Å²) in [6.07, 6.45) is 5.25. The fraction of sp³-hybridized carbons (Fsp3) is 0.250. The van der Waals surface area contributed by atoms with Crippen LogP contribution in [0.2, 0.25) is 0 Å². The first-order valence-electron chi connectivity index (χ1n) is 5.28. The van der Waals surface area contributed by atoms with E-state index >= 15 is 0 Å². The predicted octanol–water partition coefficient (Wildman–Crippen LogP) is 2.63. The Morgan fingerprint density at radius 2 is 2.06 bits per heavy atom. The van der Waals surface area contributed by atoms with Gasteiger partial charge in [-0.05, 0) is 35.8 Å². The second-order valence-corrected chi connectivity index (χ2v) is 4.83. The number of halogens is 1. The van der Waals surface area contributed by atoms with Gasteiger partial charge in [0.05, 0.1) is 0 Å². The quantitative estimate of drug-likeness (QED) is 0.924. The van der Waals surface area contributed by atoms with Gasteiger partial charge in [0, 0.05) is 45.9 Å². The third kappa shape index (κ3) is 2.68. The molecule has 0 aliphatic heterocycles. The van der Waals surface area contributed by atoms with Gasteiger partial charge in [0.15, 0.2) is 5.82 Å². The zero-order chi connectivity index (χ0) is 12.4. The maximum absolute atomic E-state index is 5.83. The van der Waals surface area contributed by atoms with Crippen LogP contribution < -0.4 is 5.73 Å². The summed E-state index contributed by atoms with van der Waals surface area (Å²) < 4.78 is 0.910. The number of rotatable bonds is 2. The number of hydrogen-bond acceptors (Lipinski definition) is 4. The Kier molecular flexibility index (Phi) is 3.49. The van der Waals surface area contributed by atoms with E-state index in [1.807, 2.05) is 19.9 Å². The van der Waals surface area contributed by atoms with E-state index in [-0.39, 0.29) is 6.04 Å². The van der Waals surface area contributed by atoms with Crippen molar-refractivity contribution in [2.45, 2.75) is 19.9 Å². The molecule has 0 aliphatic carbocycles. The highest BCUT2D eigenvalue weighted by molar-refractivity contribution is 9.10. The molecule has 17 heavy (non-hydrogen) atoms. The van der Waals surface area contributed by atoms with Crippen LogP contribution in [0.25, 0.3) is 11.4 Å². The topological polar surface area (TPSA) is 64.7 Å². The van der Waals surface area contributed by atoms with E-state index in [1.165, 1.54) is 0 Å². The molecule has 2 aromatic rings. The SMILES string of the molecule is Cc1nc(-c2cncc(Br)c2)ncc1[C@H](C)N. The highest BCUT2D eigenvalue weighted by Crippen LogP contribution is 2.20. The van der Waals surface area contributed by atoms with Gasteiger partial charge >= 0.3 is 0 Å². The van der Waals surface area contributed by atoms with Crippen LogP contribution in [-0.2, 0) is 0 Å². The lowest BCUT2D eigenvalue weighted by molar-refractivity contribution is 0.790. The van der Waals surface area contributed by atoms with Crippen LogP contribution in [0.15, 0.2) is 29.1 Å². The highest BCUT2D eigenvalue weighted by Gasteiger charge is 2.08. The predicted molar refractivity (Wildman–Crippen MR) is 70.3 cm³/mol. The highest BCUT2D eigenvalue weighted by atomic mass is 79.9. The van der Waals surface area contributed by atoms with Gasteiger partial charge in [-0.2, -0.15) is 0 Å². The molecule has 0 saturated heterocycles. The number of nitrogens with zero attached hydrogens (tertiary/aromatic N) is 3. The van der Waals surface area contributed by atoms with Gasteiger partial charge < -0.3 is 5.73 Å². The Bertz CT molecular complexity index is 540. The van der Waals surface area contributed by atoms with Gasteiger partial charge in [-0.1, -0.05) is 0 Å². The average Bonchev–Trinajstić information content (AvgIpc) is 2.28. The Morgan fingerprint density at radius 3 is 2.65 bits per heavy atom. The molecule has 0 saturated carbocycles. The molecule has 4 nitrogen and oxygen atoms in total. The van der Waals surface area contributed by atoms with E-state index in [9.17, 15) is 0 Å². The molecular formula is C12H13BrN4. The molecule has 88 valence electrons. The van der Waals surface area contributed by atoms with Crippen LogP contribution in [0.3, 0.4) is 0 Å². The molecule has 5 heteroatoms. The summed E-state index contributed by atoms with van der Waals surface area (Å²) in [6.45, 7) is 3.86. The summed E-state index contributed by atoms with van der Waals surface area (Å²) in [5.41, 5.74) is 8.59. The molecule has 0 bridgehead atoms. The van der Waals surface area contributed by atoms with Gasteiger partial charge in [-0.3, -0.25) is 4.98 Å². The minimum absolute atomic E-state index is 0.0512. The maximum atomic E-state index is 5.83. The number of pyridine rings is 1. The molecule has 0 amide bonds. The fourth-order valence-electron chi connectivity index (χ4n) is 1.60. The summed E-state index contributed by atoms with van der Waals surface area (Å²) >= 11 is 3.38. The van der Waals surface area contributed by atoms with E-state index in [0.717, 1.165) is 21.3 Å². The van der Waals surface area contributed by atoms with Gasteiger partial charge in [0.2, 0.25) is 0 Å². The number of hydrogen-bond donors (Lipinski definition) is 1. The minimum atomic E-state index is -0.0512. The van der Waals surface area contributed by atoms with Crippen molar-refractivity contribution >= 4 is 15.9 Å². The summed E-state index contributed by atoms with van der Waals surface area (Å²) in [5.74, 6) is 0.667. The van der Waals surface area contributed by atoms with Crippen LogP contribution in [0.4, 0.5) is 0 Å². The van der Waals surface area contributed by atoms with Crippen molar-refractivity contribution in [1.29, 1.82) is 0 Å². The van der Waals surface area contributed by atoms with Crippen molar-refractivity contribution in [1.82, 2.24) is 15.0 Å². The van der Waals surface area contributed by atoms with E-state index in [2.05, 4.69) is 30.9 Å². The molecule has 2 aromatic heterocycles. The van der Waals surface area contributed by atoms with Gasteiger partial charge in [0.25, 0.3) is 0 Å². The minimum Gasteiger partial charge on any atom is -0.324 e. The normalized spacial score (nSPS) is 12.5. The molecule has 0 radical (unpaired) electrons. The molecule has 2 heterocycles.